The van der Waals surface area contributed by atoms with Gasteiger partial charge in [0.25, 0.3) is 5.91 Å². The number of nitrogens with one attached hydrogen (secondary N) is 1. The van der Waals surface area contributed by atoms with Crippen LogP contribution in [0.15, 0.2) is 41.3 Å². The van der Waals surface area contributed by atoms with Crippen molar-refractivity contribution in [3.63, 3.8) is 0 Å². The van der Waals surface area contributed by atoms with Crippen molar-refractivity contribution in [1.29, 1.82) is 0 Å². The molecule has 0 aliphatic carbocycles. The van der Waals surface area contributed by atoms with Crippen LogP contribution in [0.1, 0.15) is 5.56 Å². The van der Waals surface area contributed by atoms with Crippen molar-refractivity contribution in [2.75, 3.05) is 13.2 Å². The van der Waals surface area contributed by atoms with Gasteiger partial charge in [0.1, 0.15) is 5.75 Å². The Labute approximate surface area is 181 Å². The summed E-state index contributed by atoms with van der Waals surface area (Å²) in [6, 6.07) is 8.37. The Morgan fingerprint density at radius 3 is 2.21 bits per heavy atom. The summed E-state index contributed by atoms with van der Waals surface area (Å²) in [5, 5.41) is 8.13. The molecular formula is C17H15Cl3N2O6S. The van der Waals surface area contributed by atoms with E-state index in [1.54, 1.807) is 0 Å². The molecule has 0 heterocycles. The average molecular weight is 482 g/mol. The number of halogens is 3. The van der Waals surface area contributed by atoms with Crippen LogP contribution in [0.2, 0.25) is 15.1 Å². The highest BCUT2D eigenvalue weighted by molar-refractivity contribution is 7.89. The second-order valence-electron chi connectivity index (χ2n) is 5.61. The van der Waals surface area contributed by atoms with Crippen LogP contribution in [0.5, 0.6) is 5.75 Å². The predicted molar refractivity (Wildman–Crippen MR) is 108 cm³/mol. The van der Waals surface area contributed by atoms with E-state index in [0.717, 1.165) is 0 Å². The maximum atomic E-state index is 11.8. The van der Waals surface area contributed by atoms with E-state index in [4.69, 9.17) is 49.4 Å². The third-order valence-electron chi connectivity index (χ3n) is 3.43. The Morgan fingerprint density at radius 2 is 1.59 bits per heavy atom. The smallest absolute Gasteiger partial charge is 0.344 e. The van der Waals surface area contributed by atoms with Crippen molar-refractivity contribution in [2.45, 2.75) is 11.4 Å². The standard InChI is InChI=1S/C17H15Cl3N2O6S/c18-12-5-14(20)15(6-13(12)19)27-9-17(24)28-8-16(23)22-7-10-1-3-11(4-2-10)29(21,25)26/h1-6H,7-9H2,(H,22,23)(H2,21,25,26). The van der Waals surface area contributed by atoms with Gasteiger partial charge in [-0.2, -0.15) is 0 Å². The zero-order valence-corrected chi connectivity index (χ0v) is 17.7. The minimum Gasteiger partial charge on any atom is -0.480 e. The number of carbonyl (C=O) groups excluding carboxylic acids is 2. The summed E-state index contributed by atoms with van der Waals surface area (Å²) in [5.74, 6) is -1.20. The highest BCUT2D eigenvalue weighted by Crippen LogP contribution is 2.33. The molecule has 2 rings (SSSR count). The summed E-state index contributed by atoms with van der Waals surface area (Å²) in [6.07, 6.45) is 0. The van der Waals surface area contributed by atoms with E-state index < -0.39 is 35.1 Å². The molecule has 0 aromatic heterocycles. The summed E-state index contributed by atoms with van der Waals surface area (Å²) in [6.45, 7) is -0.900. The average Bonchev–Trinajstić information content (AvgIpc) is 2.66. The van der Waals surface area contributed by atoms with Gasteiger partial charge in [-0.05, 0) is 23.8 Å². The van der Waals surface area contributed by atoms with Crippen molar-refractivity contribution < 1.29 is 27.5 Å². The largest absolute Gasteiger partial charge is 0.480 e. The molecule has 1 amide bonds. The second kappa shape index (κ2) is 10.1. The number of rotatable bonds is 8. The molecular weight excluding hydrogens is 467 g/mol. The third-order valence-corrected chi connectivity index (χ3v) is 5.37. The molecule has 0 saturated carbocycles. The van der Waals surface area contributed by atoms with Gasteiger partial charge in [-0.3, -0.25) is 4.79 Å². The highest BCUT2D eigenvalue weighted by Gasteiger charge is 2.12. The van der Waals surface area contributed by atoms with E-state index >= 15 is 0 Å². The highest BCUT2D eigenvalue weighted by atomic mass is 35.5. The molecule has 2 aromatic carbocycles. The number of hydrogen-bond acceptors (Lipinski definition) is 6. The lowest BCUT2D eigenvalue weighted by atomic mass is 10.2. The Balaban J connectivity index is 1.75. The lowest BCUT2D eigenvalue weighted by Crippen LogP contribution is -2.29. The predicted octanol–water partition coefficient (Wildman–Crippen LogP) is 2.53. The first-order valence-electron chi connectivity index (χ1n) is 7.87. The monoisotopic (exact) mass is 480 g/mol. The lowest BCUT2D eigenvalue weighted by molar-refractivity contribution is -0.150. The molecule has 0 fully saturated rings. The topological polar surface area (TPSA) is 125 Å². The van der Waals surface area contributed by atoms with Gasteiger partial charge >= 0.3 is 5.97 Å². The maximum Gasteiger partial charge on any atom is 0.344 e. The zero-order valence-electron chi connectivity index (χ0n) is 14.7. The molecule has 0 radical (unpaired) electrons. The van der Waals surface area contributed by atoms with Gasteiger partial charge in [-0.1, -0.05) is 46.9 Å². The van der Waals surface area contributed by atoms with Crippen LogP contribution in [0, 0.1) is 0 Å². The van der Waals surface area contributed by atoms with E-state index in [0.29, 0.717) is 5.56 Å². The molecule has 29 heavy (non-hydrogen) atoms. The van der Waals surface area contributed by atoms with E-state index in [-0.39, 0.29) is 32.3 Å². The molecule has 0 atom stereocenters. The van der Waals surface area contributed by atoms with Crippen molar-refractivity contribution >= 4 is 56.7 Å². The second-order valence-corrected chi connectivity index (χ2v) is 8.39. The molecule has 0 saturated heterocycles. The maximum absolute atomic E-state index is 11.8. The molecule has 0 unspecified atom stereocenters. The summed E-state index contributed by atoms with van der Waals surface area (Å²) >= 11 is 17.6. The van der Waals surface area contributed by atoms with E-state index in [9.17, 15) is 18.0 Å². The normalized spacial score (nSPS) is 11.0. The van der Waals surface area contributed by atoms with Crippen molar-refractivity contribution in [3.8, 4) is 5.75 Å². The first-order chi connectivity index (χ1) is 13.6. The van der Waals surface area contributed by atoms with Crippen molar-refractivity contribution in [2.24, 2.45) is 5.14 Å². The number of esters is 1. The van der Waals surface area contributed by atoms with Gasteiger partial charge in [0, 0.05) is 12.6 Å². The van der Waals surface area contributed by atoms with Crippen LogP contribution < -0.4 is 15.2 Å². The van der Waals surface area contributed by atoms with Crippen LogP contribution >= 0.6 is 34.8 Å². The molecule has 0 bridgehead atoms. The summed E-state index contributed by atoms with van der Waals surface area (Å²) in [4.78, 5) is 23.4. The van der Waals surface area contributed by atoms with Gasteiger partial charge in [0.05, 0.1) is 20.0 Å². The number of primary sulfonamides is 1. The van der Waals surface area contributed by atoms with Crippen molar-refractivity contribution in [1.82, 2.24) is 5.32 Å². The summed E-state index contributed by atoms with van der Waals surface area (Å²) in [7, 11) is -3.78. The van der Waals surface area contributed by atoms with Crippen molar-refractivity contribution in [3.05, 3.63) is 57.0 Å². The SMILES string of the molecule is NS(=O)(=O)c1ccc(CNC(=O)COC(=O)COc2cc(Cl)c(Cl)cc2Cl)cc1. The van der Waals surface area contributed by atoms with Gasteiger partial charge in [-0.15, -0.1) is 0 Å². The Hall–Kier alpha value is -2.04. The first-order valence-corrected chi connectivity index (χ1v) is 10.6. The molecule has 0 aliphatic rings. The van der Waals surface area contributed by atoms with Crippen LogP contribution in [0.3, 0.4) is 0 Å². The number of nitrogens with two attached hydrogens (primary N) is 1. The number of hydrogen-bond donors (Lipinski definition) is 2. The van der Waals surface area contributed by atoms with E-state index in [1.807, 2.05) is 0 Å². The summed E-state index contributed by atoms with van der Waals surface area (Å²) < 4.78 is 32.4. The molecule has 0 spiro atoms. The molecule has 0 aliphatic heterocycles. The Bertz CT molecular complexity index is 1010. The first kappa shape index (κ1) is 23.2. The minimum absolute atomic E-state index is 0.0383. The van der Waals surface area contributed by atoms with Crippen LogP contribution in [-0.4, -0.2) is 33.5 Å². The number of amides is 1. The zero-order chi connectivity index (χ0) is 21.6. The summed E-state index contributed by atoms with van der Waals surface area (Å²) in [5.41, 5.74) is 0.634. The quantitative estimate of drug-likeness (QED) is 0.441. The Morgan fingerprint density at radius 1 is 0.966 bits per heavy atom. The van der Waals surface area contributed by atoms with Gasteiger partial charge < -0.3 is 14.8 Å². The van der Waals surface area contributed by atoms with Crippen LogP contribution in [0.4, 0.5) is 0 Å². The van der Waals surface area contributed by atoms with Gasteiger partial charge in [0.15, 0.2) is 13.2 Å². The molecule has 3 N–H and O–H groups in total. The van der Waals surface area contributed by atoms with Gasteiger partial charge in [0.2, 0.25) is 10.0 Å². The molecule has 8 nitrogen and oxygen atoms in total. The number of sulfonamides is 1. The lowest BCUT2D eigenvalue weighted by Gasteiger charge is -2.10. The fourth-order valence-corrected chi connectivity index (χ4v) is 3.09. The third kappa shape index (κ3) is 7.37. The van der Waals surface area contributed by atoms with E-state index in [1.165, 1.54) is 36.4 Å². The van der Waals surface area contributed by atoms with Crippen LogP contribution in [-0.2, 0) is 30.9 Å². The molecule has 2 aromatic rings. The molecule has 12 heteroatoms. The van der Waals surface area contributed by atoms with E-state index in [2.05, 4.69) is 5.32 Å². The molecule has 156 valence electrons. The van der Waals surface area contributed by atoms with Crippen LogP contribution in [0.25, 0.3) is 0 Å². The number of ether oxygens (including phenoxy) is 2. The van der Waals surface area contributed by atoms with Gasteiger partial charge in [-0.25, -0.2) is 18.4 Å². The number of benzene rings is 2. The number of carbonyl (C=O) groups is 2. The minimum atomic E-state index is -3.78. The Kier molecular flexibility index (Phi) is 8.12. The fourth-order valence-electron chi connectivity index (χ4n) is 1.99. The fraction of sp³-hybridized carbons (Fsp3) is 0.176.